The molecule has 33 heavy (non-hydrogen) atoms. The first-order valence-corrected chi connectivity index (χ1v) is 12.9. The first-order chi connectivity index (χ1) is 15.8. The molecule has 0 aliphatic carbocycles. The summed E-state index contributed by atoms with van der Waals surface area (Å²) in [5, 5.41) is 1.71. The SMILES string of the molecule is O=C(/C=C/c1ccccc1S(=O)(=O)c1ccc2ccccc2c1)NS(=O)(=O)c1ccccc1. The van der Waals surface area contributed by atoms with Gasteiger partial charge < -0.3 is 0 Å². The van der Waals surface area contributed by atoms with Crippen LogP contribution in [0, 0.1) is 0 Å². The zero-order chi connectivity index (χ0) is 23.5. The molecule has 0 unspecified atom stereocenters. The van der Waals surface area contributed by atoms with Gasteiger partial charge in [-0.1, -0.05) is 66.7 Å². The number of amides is 1. The molecule has 0 aromatic heterocycles. The van der Waals surface area contributed by atoms with E-state index in [0.717, 1.165) is 16.8 Å². The van der Waals surface area contributed by atoms with Gasteiger partial charge in [0, 0.05) is 6.08 Å². The smallest absolute Gasteiger partial charge is 0.264 e. The van der Waals surface area contributed by atoms with Crippen LogP contribution >= 0.6 is 0 Å². The average molecular weight is 478 g/mol. The van der Waals surface area contributed by atoms with Crippen molar-refractivity contribution < 1.29 is 21.6 Å². The molecular formula is C25H19NO5S2. The van der Waals surface area contributed by atoms with Crippen LogP contribution in [-0.2, 0) is 24.7 Å². The molecule has 0 atom stereocenters. The molecule has 0 saturated heterocycles. The third kappa shape index (κ3) is 4.87. The summed E-state index contributed by atoms with van der Waals surface area (Å²) in [4.78, 5) is 12.3. The fourth-order valence-electron chi connectivity index (χ4n) is 3.31. The van der Waals surface area contributed by atoms with Crippen LogP contribution in [0.3, 0.4) is 0 Å². The van der Waals surface area contributed by atoms with E-state index in [4.69, 9.17) is 0 Å². The lowest BCUT2D eigenvalue weighted by molar-refractivity contribution is -0.114. The molecule has 4 aromatic rings. The van der Waals surface area contributed by atoms with Crippen molar-refractivity contribution in [3.8, 4) is 0 Å². The van der Waals surface area contributed by atoms with Gasteiger partial charge in [0.05, 0.1) is 14.7 Å². The quantitative estimate of drug-likeness (QED) is 0.420. The summed E-state index contributed by atoms with van der Waals surface area (Å²) in [6.45, 7) is 0. The largest absolute Gasteiger partial charge is 0.269 e. The molecule has 1 N–H and O–H groups in total. The van der Waals surface area contributed by atoms with E-state index in [1.165, 1.54) is 30.3 Å². The zero-order valence-corrected chi connectivity index (χ0v) is 18.9. The summed E-state index contributed by atoms with van der Waals surface area (Å²) in [5.41, 5.74) is 0.262. The van der Waals surface area contributed by atoms with E-state index >= 15 is 0 Å². The molecule has 0 aliphatic heterocycles. The summed E-state index contributed by atoms with van der Waals surface area (Å²) < 4.78 is 53.2. The van der Waals surface area contributed by atoms with E-state index in [1.807, 2.05) is 29.0 Å². The Morgan fingerprint density at radius 3 is 2.06 bits per heavy atom. The lowest BCUT2D eigenvalue weighted by atomic mass is 10.1. The highest BCUT2D eigenvalue weighted by Crippen LogP contribution is 2.27. The van der Waals surface area contributed by atoms with Gasteiger partial charge in [-0.15, -0.1) is 0 Å². The number of carbonyl (C=O) groups is 1. The third-order valence-corrected chi connectivity index (χ3v) is 8.13. The highest BCUT2D eigenvalue weighted by atomic mass is 32.2. The van der Waals surface area contributed by atoms with Gasteiger partial charge in [-0.25, -0.2) is 21.6 Å². The van der Waals surface area contributed by atoms with Crippen molar-refractivity contribution >= 4 is 42.6 Å². The lowest BCUT2D eigenvalue weighted by Gasteiger charge is -2.09. The van der Waals surface area contributed by atoms with Gasteiger partial charge in [0.25, 0.3) is 15.9 Å². The molecule has 1 amide bonds. The number of benzene rings is 4. The van der Waals surface area contributed by atoms with Gasteiger partial charge in [0.1, 0.15) is 0 Å². The Kier molecular flexibility index (Phi) is 6.13. The van der Waals surface area contributed by atoms with Gasteiger partial charge in [-0.05, 0) is 52.7 Å². The van der Waals surface area contributed by atoms with Crippen molar-refractivity contribution in [1.29, 1.82) is 0 Å². The Bertz CT molecular complexity index is 1580. The molecule has 0 fully saturated rings. The minimum Gasteiger partial charge on any atom is -0.269 e. The second-order valence-electron chi connectivity index (χ2n) is 7.17. The number of sulfone groups is 1. The van der Waals surface area contributed by atoms with Crippen molar-refractivity contribution in [3.63, 3.8) is 0 Å². The Labute approximate surface area is 192 Å². The number of fused-ring (bicyclic) bond motifs is 1. The number of hydrogen-bond acceptors (Lipinski definition) is 5. The monoisotopic (exact) mass is 477 g/mol. The van der Waals surface area contributed by atoms with E-state index in [9.17, 15) is 21.6 Å². The van der Waals surface area contributed by atoms with Crippen LogP contribution in [0.25, 0.3) is 16.8 Å². The topological polar surface area (TPSA) is 97.4 Å². The van der Waals surface area contributed by atoms with E-state index in [0.29, 0.717) is 0 Å². The molecule has 166 valence electrons. The van der Waals surface area contributed by atoms with E-state index < -0.39 is 25.8 Å². The maximum absolute atomic E-state index is 13.3. The van der Waals surface area contributed by atoms with Crippen LogP contribution in [0.1, 0.15) is 5.56 Å². The van der Waals surface area contributed by atoms with Gasteiger partial charge in [-0.2, -0.15) is 0 Å². The minimum absolute atomic E-state index is 0.00949. The zero-order valence-electron chi connectivity index (χ0n) is 17.3. The predicted octanol–water partition coefficient (Wildman–Crippen LogP) is 4.19. The molecule has 0 bridgehead atoms. The Morgan fingerprint density at radius 1 is 0.667 bits per heavy atom. The van der Waals surface area contributed by atoms with Crippen LogP contribution in [-0.4, -0.2) is 22.7 Å². The maximum atomic E-state index is 13.3. The molecule has 8 heteroatoms. The maximum Gasteiger partial charge on any atom is 0.264 e. The summed E-state index contributed by atoms with van der Waals surface area (Å²) >= 11 is 0. The number of carbonyl (C=O) groups excluding carboxylic acids is 1. The Balaban J connectivity index is 1.63. The molecule has 0 saturated carbocycles. The number of sulfonamides is 1. The molecule has 0 radical (unpaired) electrons. The minimum atomic E-state index is -4.04. The van der Waals surface area contributed by atoms with Crippen molar-refractivity contribution in [1.82, 2.24) is 4.72 Å². The van der Waals surface area contributed by atoms with Crippen molar-refractivity contribution in [3.05, 3.63) is 109 Å². The predicted molar refractivity (Wildman–Crippen MR) is 127 cm³/mol. The molecule has 0 aliphatic rings. The van der Waals surface area contributed by atoms with E-state index in [1.54, 1.807) is 48.5 Å². The van der Waals surface area contributed by atoms with Crippen LogP contribution in [0.2, 0.25) is 0 Å². The van der Waals surface area contributed by atoms with Gasteiger partial charge in [0.2, 0.25) is 9.84 Å². The Hall–Kier alpha value is -3.75. The summed E-state index contributed by atoms with van der Waals surface area (Å²) in [7, 11) is -7.92. The fraction of sp³-hybridized carbons (Fsp3) is 0. The van der Waals surface area contributed by atoms with Crippen molar-refractivity contribution in [2.45, 2.75) is 14.7 Å². The second-order valence-corrected chi connectivity index (χ2v) is 10.8. The number of rotatable bonds is 6. The van der Waals surface area contributed by atoms with Crippen LogP contribution in [0.15, 0.2) is 118 Å². The summed E-state index contributed by atoms with van der Waals surface area (Å²) in [5.74, 6) is -0.892. The molecule has 0 heterocycles. The Morgan fingerprint density at radius 2 is 1.30 bits per heavy atom. The molecule has 6 nitrogen and oxygen atoms in total. The van der Waals surface area contributed by atoms with Gasteiger partial charge in [-0.3, -0.25) is 4.79 Å². The van der Waals surface area contributed by atoms with E-state index in [2.05, 4.69) is 0 Å². The van der Waals surface area contributed by atoms with Crippen LogP contribution in [0.5, 0.6) is 0 Å². The molecule has 4 aromatic carbocycles. The van der Waals surface area contributed by atoms with Crippen LogP contribution in [0.4, 0.5) is 0 Å². The standard InChI is InChI=1S/C25H19NO5S2/c27-25(26-33(30,31)22-11-2-1-3-12-22)17-15-20-9-6-7-13-24(20)32(28,29)23-16-14-19-8-4-5-10-21(19)18-23/h1-18H,(H,26,27)/b17-15+. The molecule has 4 rings (SSSR count). The van der Waals surface area contributed by atoms with Crippen molar-refractivity contribution in [2.75, 3.05) is 0 Å². The van der Waals surface area contributed by atoms with Crippen LogP contribution < -0.4 is 4.72 Å². The highest BCUT2D eigenvalue weighted by Gasteiger charge is 2.21. The summed E-state index contributed by atoms with van der Waals surface area (Å²) in [6.07, 6.45) is 2.28. The van der Waals surface area contributed by atoms with Gasteiger partial charge >= 0.3 is 0 Å². The highest BCUT2D eigenvalue weighted by molar-refractivity contribution is 7.91. The molecule has 0 spiro atoms. The van der Waals surface area contributed by atoms with Gasteiger partial charge in [0.15, 0.2) is 0 Å². The number of nitrogens with one attached hydrogen (secondary N) is 1. The van der Waals surface area contributed by atoms with E-state index in [-0.39, 0.29) is 20.2 Å². The normalized spacial score (nSPS) is 12.1. The average Bonchev–Trinajstić information content (AvgIpc) is 2.83. The lowest BCUT2D eigenvalue weighted by Crippen LogP contribution is -2.28. The third-order valence-electron chi connectivity index (χ3n) is 4.94. The molecular weight excluding hydrogens is 458 g/mol. The summed E-state index contributed by atoms with van der Waals surface area (Å²) in [6, 6.07) is 26.0. The number of hydrogen-bond donors (Lipinski definition) is 1. The van der Waals surface area contributed by atoms with Crippen molar-refractivity contribution in [2.24, 2.45) is 0 Å². The fourth-order valence-corrected chi connectivity index (χ4v) is 5.77. The first kappa shape index (κ1) is 22.4. The first-order valence-electron chi connectivity index (χ1n) is 9.90. The second kappa shape index (κ2) is 9.01.